The van der Waals surface area contributed by atoms with E-state index in [0.29, 0.717) is 0 Å². The van der Waals surface area contributed by atoms with Gasteiger partial charge in [-0.3, -0.25) is 0 Å². The molecule has 0 aromatic rings. The van der Waals surface area contributed by atoms with Gasteiger partial charge in [0.15, 0.2) is 0 Å². The summed E-state index contributed by atoms with van der Waals surface area (Å²) in [5.41, 5.74) is 1.49. The third kappa shape index (κ3) is 9.69. The fourth-order valence-electron chi connectivity index (χ4n) is 1.27. The second-order valence-corrected chi connectivity index (χ2v) is 3.79. The maximum atomic E-state index is 5.59. The highest BCUT2D eigenvalue weighted by atomic mass is 35.5. The molecule has 1 heteroatoms. The Balaban J connectivity index is 3.25. The fraction of sp³-hybridized carbons (Fsp3) is 0.667. The SMILES string of the molecule is C=CCCCCC/C(C)=C\CCCl. The zero-order valence-corrected chi connectivity index (χ0v) is 9.45. The normalized spacial score (nSPS) is 11.7. The van der Waals surface area contributed by atoms with E-state index in [9.17, 15) is 0 Å². The van der Waals surface area contributed by atoms with E-state index in [-0.39, 0.29) is 0 Å². The van der Waals surface area contributed by atoms with Crippen LogP contribution in [0.25, 0.3) is 0 Å². The molecule has 0 spiro atoms. The molecule has 0 fully saturated rings. The number of allylic oxidation sites excluding steroid dienone is 3. The van der Waals surface area contributed by atoms with E-state index >= 15 is 0 Å². The summed E-state index contributed by atoms with van der Waals surface area (Å²) in [6.07, 6.45) is 11.6. The number of rotatable bonds is 8. The maximum absolute atomic E-state index is 5.59. The zero-order valence-electron chi connectivity index (χ0n) is 8.69. The van der Waals surface area contributed by atoms with Crippen LogP contribution >= 0.6 is 11.6 Å². The molecule has 0 aromatic carbocycles. The molecule has 0 nitrogen and oxygen atoms in total. The predicted octanol–water partition coefficient (Wildman–Crippen LogP) is 4.70. The molecule has 0 amide bonds. The van der Waals surface area contributed by atoms with Crippen molar-refractivity contribution >= 4 is 11.6 Å². The van der Waals surface area contributed by atoms with Gasteiger partial charge in [-0.2, -0.15) is 0 Å². The Labute approximate surface area is 87.7 Å². The highest BCUT2D eigenvalue weighted by Crippen LogP contribution is 2.10. The minimum absolute atomic E-state index is 0.744. The number of unbranched alkanes of at least 4 members (excludes halogenated alkanes) is 3. The van der Waals surface area contributed by atoms with E-state index in [4.69, 9.17) is 11.6 Å². The second-order valence-electron chi connectivity index (χ2n) is 3.42. The Morgan fingerprint density at radius 2 is 2.00 bits per heavy atom. The monoisotopic (exact) mass is 200 g/mol. The lowest BCUT2D eigenvalue weighted by Crippen LogP contribution is -1.81. The summed E-state index contributed by atoms with van der Waals surface area (Å²) in [7, 11) is 0. The molecule has 0 heterocycles. The van der Waals surface area contributed by atoms with Crippen molar-refractivity contribution in [3.63, 3.8) is 0 Å². The van der Waals surface area contributed by atoms with E-state index in [1.165, 1.54) is 31.3 Å². The molecule has 0 atom stereocenters. The van der Waals surface area contributed by atoms with Crippen molar-refractivity contribution in [1.29, 1.82) is 0 Å². The average molecular weight is 201 g/mol. The van der Waals surface area contributed by atoms with E-state index in [1.807, 2.05) is 6.08 Å². The van der Waals surface area contributed by atoms with Gasteiger partial charge in [-0.25, -0.2) is 0 Å². The van der Waals surface area contributed by atoms with Crippen molar-refractivity contribution in [3.8, 4) is 0 Å². The summed E-state index contributed by atoms with van der Waals surface area (Å²) in [5.74, 6) is 0.744. The molecule has 0 saturated carbocycles. The summed E-state index contributed by atoms with van der Waals surface area (Å²) in [4.78, 5) is 0. The van der Waals surface area contributed by atoms with Crippen LogP contribution < -0.4 is 0 Å². The van der Waals surface area contributed by atoms with Gasteiger partial charge in [-0.05, 0) is 39.0 Å². The number of hydrogen-bond acceptors (Lipinski definition) is 0. The molecular formula is C12H21Cl. The highest BCUT2D eigenvalue weighted by molar-refractivity contribution is 6.17. The van der Waals surface area contributed by atoms with Crippen LogP contribution in [0, 0.1) is 0 Å². The second kappa shape index (κ2) is 9.85. The third-order valence-corrected chi connectivity index (χ3v) is 2.30. The molecule has 0 aliphatic rings. The van der Waals surface area contributed by atoms with Gasteiger partial charge in [0, 0.05) is 5.88 Å². The van der Waals surface area contributed by atoms with Gasteiger partial charge >= 0.3 is 0 Å². The Morgan fingerprint density at radius 1 is 1.23 bits per heavy atom. The van der Waals surface area contributed by atoms with Gasteiger partial charge in [-0.1, -0.05) is 24.1 Å². The van der Waals surface area contributed by atoms with Gasteiger partial charge < -0.3 is 0 Å². The molecule has 0 aromatic heterocycles. The van der Waals surface area contributed by atoms with Crippen molar-refractivity contribution in [2.24, 2.45) is 0 Å². The van der Waals surface area contributed by atoms with Crippen molar-refractivity contribution in [1.82, 2.24) is 0 Å². The van der Waals surface area contributed by atoms with E-state index in [1.54, 1.807) is 0 Å². The summed E-state index contributed by atoms with van der Waals surface area (Å²) in [6.45, 7) is 5.90. The Hall–Kier alpha value is -0.230. The van der Waals surface area contributed by atoms with Crippen LogP contribution in [-0.2, 0) is 0 Å². The molecular weight excluding hydrogens is 180 g/mol. The molecule has 0 aliphatic heterocycles. The smallest absolute Gasteiger partial charge is 0.0258 e. The topological polar surface area (TPSA) is 0 Å². The third-order valence-electron chi connectivity index (χ3n) is 2.08. The van der Waals surface area contributed by atoms with Crippen LogP contribution in [0.1, 0.15) is 45.4 Å². The summed E-state index contributed by atoms with van der Waals surface area (Å²) >= 11 is 5.59. The van der Waals surface area contributed by atoms with Gasteiger partial charge in [0.25, 0.3) is 0 Å². The van der Waals surface area contributed by atoms with E-state index in [0.717, 1.165) is 18.7 Å². The molecule has 0 radical (unpaired) electrons. The van der Waals surface area contributed by atoms with Gasteiger partial charge in [0.05, 0.1) is 0 Å². The molecule has 0 bridgehead atoms. The highest BCUT2D eigenvalue weighted by Gasteiger charge is 1.90. The molecule has 0 unspecified atom stereocenters. The van der Waals surface area contributed by atoms with Crippen molar-refractivity contribution in [2.45, 2.75) is 45.4 Å². The first-order valence-electron chi connectivity index (χ1n) is 5.13. The molecule has 0 rings (SSSR count). The lowest BCUT2D eigenvalue weighted by Gasteiger charge is -2.00. The van der Waals surface area contributed by atoms with Crippen LogP contribution in [0.3, 0.4) is 0 Å². The quantitative estimate of drug-likeness (QED) is 0.303. The average Bonchev–Trinajstić information content (AvgIpc) is 2.14. The van der Waals surface area contributed by atoms with Crippen LogP contribution in [0.15, 0.2) is 24.3 Å². The van der Waals surface area contributed by atoms with E-state index in [2.05, 4.69) is 19.6 Å². The van der Waals surface area contributed by atoms with Crippen LogP contribution in [0.5, 0.6) is 0 Å². The summed E-state index contributed by atoms with van der Waals surface area (Å²) < 4.78 is 0. The standard InChI is InChI=1S/C12H21Cl/c1-3-4-5-6-7-9-12(2)10-8-11-13/h3,10H,1,4-9,11H2,2H3/b12-10-. The Morgan fingerprint density at radius 3 is 2.62 bits per heavy atom. The van der Waals surface area contributed by atoms with Crippen LogP contribution in [0.2, 0.25) is 0 Å². The van der Waals surface area contributed by atoms with Gasteiger partial charge in [-0.15, -0.1) is 18.2 Å². The van der Waals surface area contributed by atoms with Crippen LogP contribution in [0.4, 0.5) is 0 Å². The summed E-state index contributed by atoms with van der Waals surface area (Å²) in [6, 6.07) is 0. The molecule has 13 heavy (non-hydrogen) atoms. The lowest BCUT2D eigenvalue weighted by atomic mass is 10.1. The van der Waals surface area contributed by atoms with Crippen molar-refractivity contribution < 1.29 is 0 Å². The summed E-state index contributed by atoms with van der Waals surface area (Å²) in [5, 5.41) is 0. The lowest BCUT2D eigenvalue weighted by molar-refractivity contribution is 0.683. The number of halogens is 1. The number of alkyl halides is 1. The largest absolute Gasteiger partial charge is 0.126 e. The number of hydrogen-bond donors (Lipinski definition) is 0. The van der Waals surface area contributed by atoms with E-state index < -0.39 is 0 Å². The molecule has 0 aliphatic carbocycles. The first-order valence-corrected chi connectivity index (χ1v) is 5.67. The minimum atomic E-state index is 0.744. The Bertz CT molecular complexity index is 147. The first kappa shape index (κ1) is 12.8. The van der Waals surface area contributed by atoms with Gasteiger partial charge in [0.1, 0.15) is 0 Å². The zero-order chi connectivity index (χ0) is 9.94. The molecule has 76 valence electrons. The van der Waals surface area contributed by atoms with Gasteiger partial charge in [0.2, 0.25) is 0 Å². The molecule has 0 N–H and O–H groups in total. The fourth-order valence-corrected chi connectivity index (χ4v) is 1.38. The molecule has 0 saturated heterocycles. The first-order chi connectivity index (χ1) is 6.31. The maximum Gasteiger partial charge on any atom is 0.0258 e. The van der Waals surface area contributed by atoms with Crippen molar-refractivity contribution in [3.05, 3.63) is 24.3 Å². The van der Waals surface area contributed by atoms with Crippen LogP contribution in [-0.4, -0.2) is 5.88 Å². The minimum Gasteiger partial charge on any atom is -0.126 e. The van der Waals surface area contributed by atoms with Crippen molar-refractivity contribution in [2.75, 3.05) is 5.88 Å². The predicted molar refractivity (Wildman–Crippen MR) is 62.4 cm³/mol. The Kier molecular flexibility index (Phi) is 9.68.